The Morgan fingerprint density at radius 2 is 2.19 bits per heavy atom. The van der Waals surface area contributed by atoms with E-state index in [-0.39, 0.29) is 16.7 Å². The monoisotopic (exact) mass is 346 g/mol. The molecule has 0 aliphatic rings. The van der Waals surface area contributed by atoms with Gasteiger partial charge in [0.15, 0.2) is 5.15 Å². The van der Waals surface area contributed by atoms with Gasteiger partial charge in [-0.3, -0.25) is 0 Å². The van der Waals surface area contributed by atoms with Gasteiger partial charge >= 0.3 is 15.2 Å². The van der Waals surface area contributed by atoms with Crippen LogP contribution in [-0.4, -0.2) is 31.0 Å². The van der Waals surface area contributed by atoms with Gasteiger partial charge in [0.2, 0.25) is 0 Å². The van der Waals surface area contributed by atoms with Crippen LogP contribution >= 0.6 is 23.4 Å². The zero-order valence-corrected chi connectivity index (χ0v) is 13.5. The molecule has 0 saturated heterocycles. The summed E-state index contributed by atoms with van der Waals surface area (Å²) in [6.07, 6.45) is 2.93. The van der Waals surface area contributed by atoms with Crippen LogP contribution in [0.3, 0.4) is 0 Å². The van der Waals surface area contributed by atoms with Gasteiger partial charge in [-0.2, -0.15) is 17.8 Å². The molecular formula is C12H11ClN2O4S2. The fraction of sp³-hybridized carbons (Fsp3) is 0.167. The summed E-state index contributed by atoms with van der Waals surface area (Å²) < 4.78 is 32.2. The number of phenols is 1. The van der Waals surface area contributed by atoms with E-state index in [9.17, 15) is 13.5 Å². The number of aromatic nitrogens is 1. The van der Waals surface area contributed by atoms with Gasteiger partial charge in [-0.1, -0.05) is 17.7 Å². The molecule has 0 radical (unpaired) electrons. The van der Waals surface area contributed by atoms with Gasteiger partial charge in [0.1, 0.15) is 11.5 Å². The van der Waals surface area contributed by atoms with Crippen molar-refractivity contribution in [1.82, 2.24) is 4.98 Å². The first-order valence-corrected chi connectivity index (χ1v) is 8.68. The number of thioether (sulfide) groups is 1. The van der Waals surface area contributed by atoms with E-state index in [2.05, 4.69) is 9.38 Å². The van der Waals surface area contributed by atoms with Crippen LogP contribution in [0.2, 0.25) is 5.15 Å². The summed E-state index contributed by atoms with van der Waals surface area (Å²) in [7, 11) is -4.07. The van der Waals surface area contributed by atoms with Crippen molar-refractivity contribution in [3.8, 4) is 5.75 Å². The fourth-order valence-electron chi connectivity index (χ4n) is 1.43. The van der Waals surface area contributed by atoms with Crippen LogP contribution in [0.5, 0.6) is 5.75 Å². The quantitative estimate of drug-likeness (QED) is 0.676. The number of halogens is 1. The molecule has 1 aromatic heterocycles. The summed E-state index contributed by atoms with van der Waals surface area (Å²) in [5.41, 5.74) is 0.434. The van der Waals surface area contributed by atoms with E-state index >= 15 is 0 Å². The highest BCUT2D eigenvalue weighted by Gasteiger charge is 2.21. The molecule has 0 atom stereocenters. The maximum atomic E-state index is 11.9. The van der Waals surface area contributed by atoms with Crippen LogP contribution in [0.4, 0.5) is 0 Å². The first-order valence-electron chi connectivity index (χ1n) is 5.64. The van der Waals surface area contributed by atoms with Crippen molar-refractivity contribution >= 4 is 39.6 Å². The Bertz CT molecular complexity index is 780. The molecule has 0 unspecified atom stereocenters. The van der Waals surface area contributed by atoms with Crippen LogP contribution < -0.4 is 0 Å². The molecule has 1 heterocycles. The van der Waals surface area contributed by atoms with Crippen molar-refractivity contribution in [3.63, 3.8) is 0 Å². The van der Waals surface area contributed by atoms with E-state index in [0.717, 1.165) is 6.21 Å². The van der Waals surface area contributed by atoms with Crippen molar-refractivity contribution in [2.24, 2.45) is 4.40 Å². The van der Waals surface area contributed by atoms with Gasteiger partial charge in [0.25, 0.3) is 0 Å². The summed E-state index contributed by atoms with van der Waals surface area (Å²) in [6.45, 7) is 1.50. The largest absolute Gasteiger partial charge is 0.507 e. The predicted molar refractivity (Wildman–Crippen MR) is 80.9 cm³/mol. The third-order valence-electron chi connectivity index (χ3n) is 2.48. The third kappa shape index (κ3) is 3.58. The smallest absolute Gasteiger partial charge is 0.339 e. The summed E-state index contributed by atoms with van der Waals surface area (Å²) in [4.78, 5) is 4.27. The van der Waals surface area contributed by atoms with E-state index in [1.54, 1.807) is 12.1 Å². The standard InChI is InChI=1S/C12H11ClN2O4S2/c1-7-11(13)15-12(19-7)21(17,18)14-6-8-3-4-10(20-2)9(16)5-8/h3-6,16H,1-2H3. The van der Waals surface area contributed by atoms with E-state index in [1.165, 1.54) is 24.8 Å². The number of hydrogen-bond donors (Lipinski definition) is 1. The molecule has 0 bridgehead atoms. The Balaban J connectivity index is 2.29. The highest BCUT2D eigenvalue weighted by Crippen LogP contribution is 2.27. The Morgan fingerprint density at radius 1 is 1.48 bits per heavy atom. The average Bonchev–Trinajstić information content (AvgIpc) is 2.77. The highest BCUT2D eigenvalue weighted by atomic mass is 35.5. The van der Waals surface area contributed by atoms with E-state index in [0.29, 0.717) is 10.5 Å². The summed E-state index contributed by atoms with van der Waals surface area (Å²) in [6, 6.07) is 4.72. The molecule has 9 heteroatoms. The number of nitrogens with zero attached hydrogens (tertiary/aromatic N) is 2. The minimum Gasteiger partial charge on any atom is -0.507 e. The third-order valence-corrected chi connectivity index (χ3v) is 4.62. The minimum absolute atomic E-state index is 0.0225. The normalized spacial score (nSPS) is 12.1. The second-order valence-electron chi connectivity index (χ2n) is 3.97. The van der Waals surface area contributed by atoms with Crippen molar-refractivity contribution in [3.05, 3.63) is 34.7 Å². The second-order valence-corrected chi connectivity index (χ2v) is 6.68. The zero-order valence-electron chi connectivity index (χ0n) is 11.1. The summed E-state index contributed by atoms with van der Waals surface area (Å²) in [5.74, 6) is 0.256. The molecule has 0 amide bonds. The molecular weight excluding hydrogens is 336 g/mol. The SMILES string of the molecule is CSc1ccc(C=NS(=O)(=O)c2nc(Cl)c(C)o2)cc1O. The first kappa shape index (κ1) is 15.9. The number of rotatable bonds is 4. The molecule has 0 saturated carbocycles. The highest BCUT2D eigenvalue weighted by molar-refractivity contribution is 7.98. The number of aryl methyl sites for hydroxylation is 1. The number of sulfonamides is 1. The predicted octanol–water partition coefficient (Wildman–Crippen LogP) is 2.87. The van der Waals surface area contributed by atoms with E-state index in [1.807, 2.05) is 6.26 Å². The maximum absolute atomic E-state index is 11.9. The van der Waals surface area contributed by atoms with Crippen LogP contribution in [0.25, 0.3) is 0 Å². The Morgan fingerprint density at radius 3 is 2.71 bits per heavy atom. The molecule has 1 aromatic carbocycles. The van der Waals surface area contributed by atoms with Gasteiger partial charge < -0.3 is 9.52 Å². The molecule has 0 spiro atoms. The van der Waals surface area contributed by atoms with Crippen molar-refractivity contribution in [2.75, 3.05) is 6.26 Å². The van der Waals surface area contributed by atoms with Gasteiger partial charge in [0.05, 0.1) is 0 Å². The molecule has 2 aromatic rings. The lowest BCUT2D eigenvalue weighted by molar-refractivity contribution is 0.411. The number of benzene rings is 1. The van der Waals surface area contributed by atoms with Gasteiger partial charge in [-0.15, -0.1) is 11.8 Å². The number of oxazole rings is 1. The van der Waals surface area contributed by atoms with Crippen LogP contribution in [0.15, 0.2) is 37.1 Å². The summed E-state index contributed by atoms with van der Waals surface area (Å²) in [5, 5.41) is 9.11. The maximum Gasteiger partial charge on any atom is 0.339 e. The Kier molecular flexibility index (Phi) is 4.60. The van der Waals surface area contributed by atoms with Crippen LogP contribution in [0.1, 0.15) is 11.3 Å². The molecule has 0 fully saturated rings. The molecule has 0 aliphatic heterocycles. The number of aromatic hydroxyl groups is 1. The fourth-order valence-corrected chi connectivity index (χ4v) is 2.85. The lowest BCUT2D eigenvalue weighted by Crippen LogP contribution is -1.98. The summed E-state index contributed by atoms with van der Waals surface area (Å²) >= 11 is 7.03. The molecule has 21 heavy (non-hydrogen) atoms. The number of hydrogen-bond acceptors (Lipinski definition) is 6. The van der Waals surface area contributed by atoms with E-state index in [4.69, 9.17) is 16.0 Å². The Hall–Kier alpha value is -1.51. The van der Waals surface area contributed by atoms with Crippen molar-refractivity contribution < 1.29 is 17.9 Å². The molecule has 0 aliphatic carbocycles. The Labute approximate surface area is 130 Å². The van der Waals surface area contributed by atoms with Gasteiger partial charge in [-0.05, 0) is 30.9 Å². The zero-order chi connectivity index (χ0) is 15.6. The molecule has 112 valence electrons. The topological polar surface area (TPSA) is 92.8 Å². The average molecular weight is 347 g/mol. The molecule has 1 N–H and O–H groups in total. The minimum atomic E-state index is -4.07. The van der Waals surface area contributed by atoms with Crippen LogP contribution in [-0.2, 0) is 10.0 Å². The van der Waals surface area contributed by atoms with Crippen molar-refractivity contribution in [2.45, 2.75) is 17.0 Å². The lowest BCUT2D eigenvalue weighted by atomic mass is 10.2. The van der Waals surface area contributed by atoms with Gasteiger partial charge in [-0.25, -0.2) is 0 Å². The second kappa shape index (κ2) is 6.08. The van der Waals surface area contributed by atoms with Crippen LogP contribution in [0, 0.1) is 6.92 Å². The molecule has 6 nitrogen and oxygen atoms in total. The number of phenolic OH excluding ortho intramolecular Hbond substituents is 1. The first-order chi connectivity index (χ1) is 9.83. The van der Waals surface area contributed by atoms with Gasteiger partial charge in [0, 0.05) is 11.1 Å². The van der Waals surface area contributed by atoms with E-state index < -0.39 is 15.2 Å². The molecule has 2 rings (SSSR count). The lowest BCUT2D eigenvalue weighted by Gasteiger charge is -2.01. The van der Waals surface area contributed by atoms with Crippen molar-refractivity contribution in [1.29, 1.82) is 0 Å².